The topological polar surface area (TPSA) is 40.5 Å². The summed E-state index contributed by atoms with van der Waals surface area (Å²) in [5.41, 5.74) is 2.43. The summed E-state index contributed by atoms with van der Waals surface area (Å²) < 4.78 is 0. The number of nitrogens with zero attached hydrogens (tertiary/aromatic N) is 1. The molecule has 0 aromatic heterocycles. The molecule has 0 saturated heterocycles. The van der Waals surface area contributed by atoms with Crippen molar-refractivity contribution in [1.82, 2.24) is 0 Å². The highest BCUT2D eigenvalue weighted by Gasteiger charge is 2.41. The molecule has 3 nitrogen and oxygen atoms in total. The van der Waals surface area contributed by atoms with Crippen molar-refractivity contribution in [3.8, 4) is 0 Å². The Labute approximate surface area is 147 Å². The van der Waals surface area contributed by atoms with Gasteiger partial charge in [0.1, 0.15) is 5.60 Å². The van der Waals surface area contributed by atoms with Crippen molar-refractivity contribution in [2.45, 2.75) is 12.0 Å². The largest absolute Gasteiger partial charge is 0.380 e. The van der Waals surface area contributed by atoms with Crippen LogP contribution >= 0.6 is 0 Å². The Hall–Kier alpha value is -2.91. The third kappa shape index (κ3) is 2.44. The van der Waals surface area contributed by atoms with E-state index in [4.69, 9.17) is 0 Å². The van der Waals surface area contributed by atoms with Gasteiger partial charge in [-0.25, -0.2) is 0 Å². The third-order valence-electron chi connectivity index (χ3n) is 4.92. The second kappa shape index (κ2) is 5.87. The summed E-state index contributed by atoms with van der Waals surface area (Å²) in [6, 6.07) is 24.8. The van der Waals surface area contributed by atoms with Crippen molar-refractivity contribution in [2.75, 3.05) is 11.9 Å². The van der Waals surface area contributed by atoms with Gasteiger partial charge in [0.15, 0.2) is 0 Å². The van der Waals surface area contributed by atoms with Crippen LogP contribution < -0.4 is 4.90 Å². The Bertz CT molecular complexity index is 936. The van der Waals surface area contributed by atoms with Gasteiger partial charge in [0, 0.05) is 30.2 Å². The summed E-state index contributed by atoms with van der Waals surface area (Å²) in [4.78, 5) is 14.6. The van der Waals surface area contributed by atoms with Gasteiger partial charge in [-0.2, -0.15) is 0 Å². The van der Waals surface area contributed by atoms with Gasteiger partial charge in [-0.05, 0) is 17.7 Å². The number of rotatable bonds is 2. The molecule has 0 bridgehead atoms. The highest BCUT2D eigenvalue weighted by atomic mass is 16.3. The molecule has 3 heteroatoms. The van der Waals surface area contributed by atoms with Crippen LogP contribution in [0.1, 0.15) is 27.0 Å². The standard InChI is InChI=1S/C22H19NO2/c1-23-20-14-8-7-13-19(20)22(25,15-16-9-3-2-4-10-16)18-12-6-5-11-17(18)21(23)24/h2-14,25H,15H2,1H3. The fraction of sp³-hybridized carbons (Fsp3) is 0.136. The Kier molecular flexibility index (Phi) is 3.66. The lowest BCUT2D eigenvalue weighted by atomic mass is 9.79. The number of anilines is 1. The lowest BCUT2D eigenvalue weighted by Gasteiger charge is -2.31. The number of aliphatic hydroxyl groups is 1. The van der Waals surface area contributed by atoms with Gasteiger partial charge >= 0.3 is 0 Å². The van der Waals surface area contributed by atoms with Gasteiger partial charge in [0.2, 0.25) is 0 Å². The van der Waals surface area contributed by atoms with Crippen LogP contribution in [0.5, 0.6) is 0 Å². The van der Waals surface area contributed by atoms with Crippen molar-refractivity contribution < 1.29 is 9.90 Å². The number of para-hydroxylation sites is 1. The van der Waals surface area contributed by atoms with Gasteiger partial charge in [-0.15, -0.1) is 0 Å². The van der Waals surface area contributed by atoms with E-state index in [-0.39, 0.29) is 5.91 Å². The molecule has 1 unspecified atom stereocenters. The Morgan fingerprint density at radius 1 is 0.840 bits per heavy atom. The summed E-state index contributed by atoms with van der Waals surface area (Å²) in [6.45, 7) is 0. The molecular weight excluding hydrogens is 310 g/mol. The average molecular weight is 329 g/mol. The van der Waals surface area contributed by atoms with E-state index in [1.54, 1.807) is 18.0 Å². The first-order valence-electron chi connectivity index (χ1n) is 8.34. The molecule has 3 aromatic rings. The fourth-order valence-electron chi connectivity index (χ4n) is 3.66. The van der Waals surface area contributed by atoms with Gasteiger partial charge in [0.05, 0.1) is 5.69 Å². The molecule has 124 valence electrons. The number of carbonyl (C=O) groups is 1. The Morgan fingerprint density at radius 2 is 1.44 bits per heavy atom. The van der Waals surface area contributed by atoms with Gasteiger partial charge in [0.25, 0.3) is 5.91 Å². The van der Waals surface area contributed by atoms with E-state index in [0.29, 0.717) is 17.5 Å². The molecule has 1 amide bonds. The second-order valence-electron chi connectivity index (χ2n) is 6.45. The van der Waals surface area contributed by atoms with Crippen LogP contribution in [0.2, 0.25) is 0 Å². The second-order valence-corrected chi connectivity index (χ2v) is 6.45. The number of fused-ring (bicyclic) bond motifs is 2. The lowest BCUT2D eigenvalue weighted by Crippen LogP contribution is -2.31. The summed E-state index contributed by atoms with van der Waals surface area (Å²) in [5, 5.41) is 11.9. The minimum Gasteiger partial charge on any atom is -0.380 e. The Morgan fingerprint density at radius 3 is 2.20 bits per heavy atom. The van der Waals surface area contributed by atoms with Crippen molar-refractivity contribution in [3.63, 3.8) is 0 Å². The van der Waals surface area contributed by atoms with Crippen LogP contribution in [-0.4, -0.2) is 18.1 Å². The predicted molar refractivity (Wildman–Crippen MR) is 98.8 cm³/mol. The summed E-state index contributed by atoms with van der Waals surface area (Å²) >= 11 is 0. The van der Waals surface area contributed by atoms with Gasteiger partial charge in [-0.3, -0.25) is 4.79 Å². The molecule has 0 radical (unpaired) electrons. The zero-order valence-corrected chi connectivity index (χ0v) is 14.0. The number of carbonyl (C=O) groups excluding carboxylic acids is 1. The van der Waals surface area contributed by atoms with E-state index in [1.165, 1.54) is 0 Å². The molecule has 1 heterocycles. The van der Waals surface area contributed by atoms with E-state index < -0.39 is 5.60 Å². The van der Waals surface area contributed by atoms with Crippen molar-refractivity contribution in [2.24, 2.45) is 0 Å². The maximum absolute atomic E-state index is 13.0. The first-order valence-corrected chi connectivity index (χ1v) is 8.34. The molecule has 1 atom stereocenters. The molecular formula is C22H19NO2. The highest BCUT2D eigenvalue weighted by Crippen LogP contribution is 2.42. The smallest absolute Gasteiger partial charge is 0.258 e. The highest BCUT2D eigenvalue weighted by molar-refractivity contribution is 6.08. The predicted octanol–water partition coefficient (Wildman–Crippen LogP) is 3.76. The normalized spacial score (nSPS) is 19.1. The minimum atomic E-state index is -1.27. The van der Waals surface area contributed by atoms with E-state index in [2.05, 4.69) is 0 Å². The summed E-state index contributed by atoms with van der Waals surface area (Å²) in [5.74, 6) is -0.105. The van der Waals surface area contributed by atoms with Crippen LogP contribution in [0.3, 0.4) is 0 Å². The molecule has 4 rings (SSSR count). The molecule has 1 aliphatic heterocycles. The third-order valence-corrected chi connectivity index (χ3v) is 4.92. The SMILES string of the molecule is CN1C(=O)c2ccccc2C(O)(Cc2ccccc2)c2ccccc21. The number of hydrogen-bond acceptors (Lipinski definition) is 2. The molecule has 3 aromatic carbocycles. The minimum absolute atomic E-state index is 0.105. The van der Waals surface area contributed by atoms with E-state index in [0.717, 1.165) is 16.8 Å². The van der Waals surface area contributed by atoms with Crippen LogP contribution in [0.25, 0.3) is 0 Å². The molecule has 0 spiro atoms. The Balaban J connectivity index is 2.00. The van der Waals surface area contributed by atoms with Crippen molar-refractivity contribution in [1.29, 1.82) is 0 Å². The number of amides is 1. The van der Waals surface area contributed by atoms with Crippen LogP contribution in [0, 0.1) is 0 Å². The molecule has 25 heavy (non-hydrogen) atoms. The van der Waals surface area contributed by atoms with Crippen molar-refractivity contribution in [3.05, 3.63) is 101 Å². The van der Waals surface area contributed by atoms with E-state index in [1.807, 2.05) is 72.8 Å². The van der Waals surface area contributed by atoms with Gasteiger partial charge < -0.3 is 10.0 Å². The fourth-order valence-corrected chi connectivity index (χ4v) is 3.66. The first kappa shape index (κ1) is 15.6. The van der Waals surface area contributed by atoms with E-state index in [9.17, 15) is 9.90 Å². The summed E-state index contributed by atoms with van der Waals surface area (Å²) in [7, 11) is 1.76. The lowest BCUT2D eigenvalue weighted by molar-refractivity contribution is 0.0805. The molecule has 0 aliphatic carbocycles. The summed E-state index contributed by atoms with van der Waals surface area (Å²) in [6.07, 6.45) is 0.406. The average Bonchev–Trinajstić information content (AvgIpc) is 2.73. The van der Waals surface area contributed by atoms with Crippen LogP contribution in [0.4, 0.5) is 5.69 Å². The monoisotopic (exact) mass is 329 g/mol. The zero-order chi connectivity index (χ0) is 17.4. The molecule has 0 saturated carbocycles. The van der Waals surface area contributed by atoms with Crippen LogP contribution in [0.15, 0.2) is 78.9 Å². The number of benzene rings is 3. The molecule has 0 fully saturated rings. The maximum Gasteiger partial charge on any atom is 0.258 e. The molecule has 1 aliphatic rings. The number of hydrogen-bond donors (Lipinski definition) is 1. The van der Waals surface area contributed by atoms with Crippen molar-refractivity contribution >= 4 is 11.6 Å². The first-order chi connectivity index (χ1) is 12.1. The molecule has 1 N–H and O–H groups in total. The maximum atomic E-state index is 13.0. The van der Waals surface area contributed by atoms with Gasteiger partial charge in [-0.1, -0.05) is 66.7 Å². The quantitative estimate of drug-likeness (QED) is 0.778. The van der Waals surface area contributed by atoms with Crippen LogP contribution in [-0.2, 0) is 12.0 Å². The van der Waals surface area contributed by atoms with E-state index >= 15 is 0 Å². The zero-order valence-electron chi connectivity index (χ0n) is 14.0.